The van der Waals surface area contributed by atoms with E-state index < -0.39 is 0 Å². The van der Waals surface area contributed by atoms with E-state index in [2.05, 4.69) is 34.0 Å². The zero-order valence-corrected chi connectivity index (χ0v) is 14.3. The third-order valence-corrected chi connectivity index (χ3v) is 5.77. The molecule has 0 bridgehead atoms. The van der Waals surface area contributed by atoms with Gasteiger partial charge in [0.15, 0.2) is 22.2 Å². The summed E-state index contributed by atoms with van der Waals surface area (Å²) in [6, 6.07) is 5.49. The zero-order chi connectivity index (χ0) is 15.5. The predicted octanol–water partition coefficient (Wildman–Crippen LogP) is 3.76. The van der Waals surface area contributed by atoms with Crippen LogP contribution in [0.15, 0.2) is 18.2 Å². The van der Waals surface area contributed by atoms with E-state index in [0.29, 0.717) is 10.8 Å². The van der Waals surface area contributed by atoms with Gasteiger partial charge in [-0.3, -0.25) is 4.18 Å². The minimum Gasteiger partial charge on any atom is -0.465 e. The maximum absolute atomic E-state index is 11.7. The molecule has 0 N–H and O–H groups in total. The van der Waals surface area contributed by atoms with Gasteiger partial charge in [0.1, 0.15) is 6.26 Å². The molecule has 1 rings (SSSR count). The quantitative estimate of drug-likeness (QED) is 0.627. The van der Waals surface area contributed by atoms with Crippen LogP contribution in [0.4, 0.5) is 0 Å². The van der Waals surface area contributed by atoms with Crippen molar-refractivity contribution in [3.05, 3.63) is 29.3 Å². The van der Waals surface area contributed by atoms with E-state index in [-0.39, 0.29) is 22.6 Å². The summed E-state index contributed by atoms with van der Waals surface area (Å²) >= 11 is -0.221. The van der Waals surface area contributed by atoms with Crippen molar-refractivity contribution in [3.63, 3.8) is 0 Å². The van der Waals surface area contributed by atoms with Crippen LogP contribution < -0.4 is 4.18 Å². The van der Waals surface area contributed by atoms with E-state index in [1.165, 1.54) is 7.11 Å². The lowest BCUT2D eigenvalue weighted by Crippen LogP contribution is -2.34. The lowest BCUT2D eigenvalue weighted by Gasteiger charge is -2.24. The van der Waals surface area contributed by atoms with Crippen molar-refractivity contribution in [2.45, 2.75) is 39.9 Å². The van der Waals surface area contributed by atoms with Crippen LogP contribution in [-0.2, 0) is 15.9 Å². The molecule has 2 atom stereocenters. The first-order valence-electron chi connectivity index (χ1n) is 6.69. The minimum absolute atomic E-state index is 0.186. The molecule has 0 saturated carbocycles. The summed E-state index contributed by atoms with van der Waals surface area (Å²) in [6.07, 6.45) is 2.10. The first-order chi connectivity index (χ1) is 9.18. The molecule has 0 heterocycles. The zero-order valence-electron chi connectivity index (χ0n) is 13.4. The molecule has 0 aliphatic heterocycles. The maximum atomic E-state index is 11.7. The second-order valence-corrected chi connectivity index (χ2v) is 7.88. The Labute approximate surface area is 125 Å². The normalized spacial score (nSPS) is 14.6. The Hall–Kier alpha value is -1.16. The van der Waals surface area contributed by atoms with E-state index in [1.54, 1.807) is 6.07 Å². The topological polar surface area (TPSA) is 35.5 Å². The second-order valence-electron chi connectivity index (χ2n) is 6.01. The van der Waals surface area contributed by atoms with E-state index in [1.807, 2.05) is 19.1 Å². The van der Waals surface area contributed by atoms with Crippen LogP contribution in [0.2, 0.25) is 0 Å². The summed E-state index contributed by atoms with van der Waals surface area (Å²) in [5.74, 6) is 0.433. The first kappa shape index (κ1) is 16.9. The second kappa shape index (κ2) is 6.53. The molecule has 0 amide bonds. The summed E-state index contributed by atoms with van der Waals surface area (Å²) in [6.45, 7) is 10.7. The van der Waals surface area contributed by atoms with Crippen LogP contribution in [0.5, 0.6) is 5.75 Å². The van der Waals surface area contributed by atoms with Gasteiger partial charge in [0, 0.05) is 11.0 Å². The van der Waals surface area contributed by atoms with E-state index in [4.69, 9.17) is 8.92 Å². The number of hydrogen-bond acceptors (Lipinski definition) is 3. The average molecular weight is 297 g/mol. The van der Waals surface area contributed by atoms with Crippen molar-refractivity contribution in [1.29, 1.82) is 0 Å². The number of carbonyl (C=O) groups excluding carboxylic acids is 1. The van der Waals surface area contributed by atoms with Gasteiger partial charge in [-0.15, -0.1) is 0 Å². The molecule has 1 aromatic carbocycles. The largest absolute Gasteiger partial charge is 0.465 e. The fourth-order valence-corrected chi connectivity index (χ4v) is 3.35. The van der Waals surface area contributed by atoms with Gasteiger partial charge in [-0.2, -0.15) is 0 Å². The third-order valence-electron chi connectivity index (χ3n) is 3.63. The molecular weight excluding hydrogens is 272 g/mol. The average Bonchev–Trinajstić information content (AvgIpc) is 2.38. The molecule has 0 radical (unpaired) electrons. The molecule has 112 valence electrons. The summed E-state index contributed by atoms with van der Waals surface area (Å²) < 4.78 is 10.9. The summed E-state index contributed by atoms with van der Waals surface area (Å²) in [5, 5.41) is 0.420. The Bertz CT molecular complexity index is 477. The van der Waals surface area contributed by atoms with Crippen molar-refractivity contribution in [3.8, 4) is 5.75 Å². The summed E-state index contributed by atoms with van der Waals surface area (Å²) in [5.41, 5.74) is 1.58. The van der Waals surface area contributed by atoms with Crippen molar-refractivity contribution < 1.29 is 13.7 Å². The molecule has 0 fully saturated rings. The number of ether oxygens (including phenoxy) is 1. The first-order valence-corrected chi connectivity index (χ1v) is 8.31. The van der Waals surface area contributed by atoms with Gasteiger partial charge in [-0.25, -0.2) is 4.79 Å². The summed E-state index contributed by atoms with van der Waals surface area (Å²) in [7, 11) is 1.39. The number of rotatable bonds is 4. The SMILES string of the molecule is COC(=O)c1cccc(O[S+](C)C(C)C(C)(C)C)c1C. The van der Waals surface area contributed by atoms with E-state index >= 15 is 0 Å². The molecule has 0 aromatic heterocycles. The number of benzene rings is 1. The molecule has 0 aliphatic rings. The van der Waals surface area contributed by atoms with Crippen molar-refractivity contribution in [1.82, 2.24) is 0 Å². The molecule has 4 heteroatoms. The van der Waals surface area contributed by atoms with Gasteiger partial charge >= 0.3 is 5.97 Å². The Kier molecular flexibility index (Phi) is 5.51. The molecule has 2 unspecified atom stereocenters. The Morgan fingerprint density at radius 2 is 1.90 bits per heavy atom. The lowest BCUT2D eigenvalue weighted by atomic mass is 9.93. The molecule has 0 saturated heterocycles. The highest BCUT2D eigenvalue weighted by atomic mass is 32.2. The highest BCUT2D eigenvalue weighted by Gasteiger charge is 2.36. The fraction of sp³-hybridized carbons (Fsp3) is 0.562. The third kappa shape index (κ3) is 3.92. The smallest absolute Gasteiger partial charge is 0.338 e. The van der Waals surface area contributed by atoms with E-state index in [0.717, 1.165) is 11.3 Å². The van der Waals surface area contributed by atoms with Gasteiger partial charge in [-0.05, 0) is 26.0 Å². The predicted molar refractivity (Wildman–Crippen MR) is 85.4 cm³/mol. The number of esters is 1. The lowest BCUT2D eigenvalue weighted by molar-refractivity contribution is 0.0599. The molecule has 0 spiro atoms. The van der Waals surface area contributed by atoms with Crippen LogP contribution in [0.1, 0.15) is 43.6 Å². The van der Waals surface area contributed by atoms with Crippen LogP contribution in [0, 0.1) is 12.3 Å². The fourth-order valence-electron chi connectivity index (χ4n) is 1.75. The summed E-state index contributed by atoms with van der Waals surface area (Å²) in [4.78, 5) is 11.7. The van der Waals surface area contributed by atoms with Gasteiger partial charge in [0.2, 0.25) is 0 Å². The molecule has 3 nitrogen and oxygen atoms in total. The number of carbonyl (C=O) groups is 1. The maximum Gasteiger partial charge on any atom is 0.338 e. The van der Waals surface area contributed by atoms with Crippen molar-refractivity contribution in [2.24, 2.45) is 5.41 Å². The molecule has 1 aromatic rings. The van der Waals surface area contributed by atoms with Crippen LogP contribution in [0.25, 0.3) is 0 Å². The Balaban J connectivity index is 2.96. The number of methoxy groups -OCH3 is 1. The van der Waals surface area contributed by atoms with E-state index in [9.17, 15) is 4.79 Å². The van der Waals surface area contributed by atoms with Crippen LogP contribution in [0.3, 0.4) is 0 Å². The van der Waals surface area contributed by atoms with Crippen molar-refractivity contribution in [2.75, 3.05) is 13.4 Å². The minimum atomic E-state index is -0.326. The van der Waals surface area contributed by atoms with Gasteiger partial charge in [-0.1, -0.05) is 26.8 Å². The van der Waals surface area contributed by atoms with Crippen LogP contribution >= 0.6 is 0 Å². The Morgan fingerprint density at radius 3 is 2.40 bits per heavy atom. The molecule has 0 aliphatic carbocycles. The van der Waals surface area contributed by atoms with Gasteiger partial charge in [0.25, 0.3) is 0 Å². The molecular formula is C16H25O3S+. The highest BCUT2D eigenvalue weighted by molar-refractivity contribution is 7.92. The Morgan fingerprint density at radius 1 is 1.30 bits per heavy atom. The number of hydrogen-bond donors (Lipinski definition) is 0. The molecule has 20 heavy (non-hydrogen) atoms. The standard InChI is InChI=1S/C16H25O3S/c1-11-13(15(17)18-6)9-8-10-14(11)19-20(7)12(2)16(3,4)5/h8-10,12H,1-7H3/q+1. The van der Waals surface area contributed by atoms with Crippen molar-refractivity contribution >= 4 is 17.1 Å². The van der Waals surface area contributed by atoms with Crippen LogP contribution in [-0.4, -0.2) is 24.6 Å². The monoisotopic (exact) mass is 297 g/mol. The highest BCUT2D eigenvalue weighted by Crippen LogP contribution is 2.30. The van der Waals surface area contributed by atoms with Gasteiger partial charge < -0.3 is 4.74 Å². The van der Waals surface area contributed by atoms with Gasteiger partial charge in [0.05, 0.1) is 12.7 Å².